The Bertz CT molecular complexity index is 4180. The number of imidazole rings is 1. The predicted molar refractivity (Wildman–Crippen MR) is 408 cm³/mol. The van der Waals surface area contributed by atoms with Gasteiger partial charge in [0.15, 0.2) is 0 Å². The van der Waals surface area contributed by atoms with Gasteiger partial charge in [-0.2, -0.15) is 0 Å². The minimum Gasteiger partial charge on any atom is -0.363 e. The number of hydrogen-bond donors (Lipinski definition) is 2. The van der Waals surface area contributed by atoms with Crippen molar-refractivity contribution in [2.45, 2.75) is 189 Å². The Morgan fingerprint density at radius 2 is 0.646 bits per heavy atom. The highest BCUT2D eigenvalue weighted by atomic mass is 15.3. The Kier molecular flexibility index (Phi) is 21.1. The van der Waals surface area contributed by atoms with Crippen molar-refractivity contribution in [1.82, 2.24) is 20.2 Å². The Balaban J connectivity index is 0.734. The topological polar surface area (TPSA) is 48.4 Å². The number of benzene rings is 9. The molecule has 12 rings (SSSR count). The third-order valence-electron chi connectivity index (χ3n) is 19.9. The predicted octanol–water partition coefficient (Wildman–Crippen LogP) is 24.4. The number of allylic oxidation sites excluding steroid dienone is 2. The molecule has 2 aliphatic heterocycles. The van der Waals surface area contributed by atoms with Crippen molar-refractivity contribution in [3.63, 3.8) is 0 Å². The van der Waals surface area contributed by atoms with E-state index < -0.39 is 0 Å². The van der Waals surface area contributed by atoms with Crippen molar-refractivity contribution in [3.05, 3.63) is 298 Å². The molecule has 2 N–H and O–H groups in total. The molecule has 96 heavy (non-hydrogen) atoms. The van der Waals surface area contributed by atoms with Crippen LogP contribution in [0.1, 0.15) is 232 Å². The van der Waals surface area contributed by atoms with Gasteiger partial charge in [-0.1, -0.05) is 259 Å². The van der Waals surface area contributed by atoms with Crippen molar-refractivity contribution < 1.29 is 0 Å². The van der Waals surface area contributed by atoms with Crippen molar-refractivity contribution in [2.24, 2.45) is 0 Å². The summed E-state index contributed by atoms with van der Waals surface area (Å²) < 4.78 is 2.34. The van der Waals surface area contributed by atoms with Gasteiger partial charge < -0.3 is 20.4 Å². The molecule has 0 spiro atoms. The Labute approximate surface area is 575 Å². The number of unbranched alkanes of at least 4 members (excludes halogenated alkanes) is 3. The zero-order valence-corrected chi connectivity index (χ0v) is 59.2. The average molecular weight is 1270 g/mol. The molecule has 0 saturated heterocycles. The fourth-order valence-corrected chi connectivity index (χ4v) is 14.6. The molecule has 1 aromatic heterocycles. The normalized spacial score (nSPS) is 14.8. The largest absolute Gasteiger partial charge is 0.363 e. The van der Waals surface area contributed by atoms with E-state index in [1.54, 1.807) is 0 Å². The van der Waals surface area contributed by atoms with Gasteiger partial charge in [-0.25, -0.2) is 4.98 Å². The van der Waals surface area contributed by atoms with Crippen LogP contribution in [0.4, 0.5) is 11.4 Å². The quantitative estimate of drug-likeness (QED) is 0.0529. The van der Waals surface area contributed by atoms with Gasteiger partial charge in [0.25, 0.3) is 0 Å². The molecule has 3 heterocycles. The highest BCUT2D eigenvalue weighted by Crippen LogP contribution is 2.47. The minimum atomic E-state index is -0.0300. The lowest BCUT2D eigenvalue weighted by atomic mass is 9.87. The molecule has 0 fully saturated rings. The SMILES string of the molecule is CC(C)c1cc(-c2ccccc2)cc(C(C)C)c1N1C=C(CCCCC2=CN(c3c(C(C)C)cc(-c4ccccc4)cc3C(C)C)C(c3ccc(CCCCCc4ccc(-c5nccn5-c5c(C(C)C)cc(-c6ccccc6)cc5C(C)C)cc4)cc3)N2)NC1c1ccccc1. The van der Waals surface area contributed by atoms with Gasteiger partial charge in [0.2, 0.25) is 0 Å². The van der Waals surface area contributed by atoms with Gasteiger partial charge in [0, 0.05) is 53.1 Å². The maximum Gasteiger partial charge on any atom is 0.144 e. The van der Waals surface area contributed by atoms with Crippen molar-refractivity contribution in [2.75, 3.05) is 9.80 Å². The highest BCUT2D eigenvalue weighted by molar-refractivity contribution is 5.78. The van der Waals surface area contributed by atoms with Gasteiger partial charge >= 0.3 is 0 Å². The molecular formula is C90H102N6. The van der Waals surface area contributed by atoms with Crippen LogP contribution in [0.3, 0.4) is 0 Å². The number of rotatable bonds is 26. The fraction of sp³-hybridized carbons (Fsp3) is 0.322. The number of hydrogen-bond acceptors (Lipinski definition) is 5. The molecule has 2 atom stereocenters. The zero-order valence-electron chi connectivity index (χ0n) is 59.2. The van der Waals surface area contributed by atoms with E-state index in [0.29, 0.717) is 35.5 Å². The van der Waals surface area contributed by atoms with E-state index in [1.165, 1.54) is 124 Å². The van der Waals surface area contributed by atoms with Gasteiger partial charge in [-0.05, 0) is 212 Å². The summed E-state index contributed by atoms with van der Waals surface area (Å²) in [6.07, 6.45) is 18.7. The third kappa shape index (κ3) is 14.9. The van der Waals surface area contributed by atoms with Crippen LogP contribution in [0.15, 0.2) is 242 Å². The van der Waals surface area contributed by atoms with E-state index in [1.807, 2.05) is 6.20 Å². The van der Waals surface area contributed by atoms with Crippen molar-refractivity contribution in [1.29, 1.82) is 0 Å². The number of nitrogens with zero attached hydrogens (tertiary/aromatic N) is 4. The summed E-state index contributed by atoms with van der Waals surface area (Å²) >= 11 is 0. The van der Waals surface area contributed by atoms with Crippen molar-refractivity contribution in [3.8, 4) is 50.5 Å². The van der Waals surface area contributed by atoms with E-state index in [2.05, 4.69) is 333 Å². The minimum absolute atomic E-state index is 0.00429. The molecular weight excluding hydrogens is 1170 g/mol. The second-order valence-electron chi connectivity index (χ2n) is 29.0. The molecule has 2 aliphatic rings. The Hall–Kier alpha value is -9.13. The third-order valence-corrected chi connectivity index (χ3v) is 19.9. The van der Waals surface area contributed by atoms with Gasteiger partial charge in [0.1, 0.15) is 18.2 Å². The second kappa shape index (κ2) is 30.3. The van der Waals surface area contributed by atoms with Gasteiger partial charge in [-0.15, -0.1) is 0 Å². The van der Waals surface area contributed by atoms with Crippen LogP contribution in [0.2, 0.25) is 0 Å². The summed E-state index contributed by atoms with van der Waals surface area (Å²) in [7, 11) is 0. The maximum atomic E-state index is 4.98. The molecule has 492 valence electrons. The number of aromatic nitrogens is 2. The van der Waals surface area contributed by atoms with Crippen LogP contribution < -0.4 is 20.4 Å². The Morgan fingerprint density at radius 3 is 1.01 bits per heavy atom. The molecule has 0 amide bonds. The molecule has 0 aliphatic carbocycles. The summed E-state index contributed by atoms with van der Waals surface area (Å²) in [6, 6.07) is 77.1. The first kappa shape index (κ1) is 66.9. The van der Waals surface area contributed by atoms with Crippen LogP contribution >= 0.6 is 0 Å². The second-order valence-corrected chi connectivity index (χ2v) is 29.0. The highest BCUT2D eigenvalue weighted by Gasteiger charge is 2.34. The van der Waals surface area contributed by atoms with E-state index in [4.69, 9.17) is 4.98 Å². The molecule has 9 aromatic carbocycles. The smallest absolute Gasteiger partial charge is 0.144 e. The summed E-state index contributed by atoms with van der Waals surface area (Å²) in [6.45, 7) is 28.1. The monoisotopic (exact) mass is 1270 g/mol. The molecule has 0 saturated carbocycles. The average Bonchev–Trinajstić information content (AvgIpc) is 1.35. The van der Waals surface area contributed by atoms with Crippen LogP contribution in [0.5, 0.6) is 0 Å². The molecule has 6 heteroatoms. The number of nitrogens with one attached hydrogen (secondary N) is 2. The molecule has 2 unspecified atom stereocenters. The lowest BCUT2D eigenvalue weighted by molar-refractivity contribution is 0.595. The summed E-state index contributed by atoms with van der Waals surface area (Å²) in [5, 5.41) is 8.22. The molecule has 6 nitrogen and oxygen atoms in total. The lowest BCUT2D eigenvalue weighted by Crippen LogP contribution is -2.29. The molecule has 0 radical (unpaired) electrons. The van der Waals surface area contributed by atoms with E-state index in [0.717, 1.165) is 62.8 Å². The molecule has 0 bridgehead atoms. The van der Waals surface area contributed by atoms with Gasteiger partial charge in [0.05, 0.1) is 5.69 Å². The zero-order chi connectivity index (χ0) is 67.0. The first-order valence-electron chi connectivity index (χ1n) is 36.1. The van der Waals surface area contributed by atoms with Crippen LogP contribution in [-0.4, -0.2) is 9.55 Å². The maximum absolute atomic E-state index is 4.98. The van der Waals surface area contributed by atoms with E-state index in [-0.39, 0.29) is 12.3 Å². The number of anilines is 2. The Morgan fingerprint density at radius 1 is 0.323 bits per heavy atom. The fourth-order valence-electron chi connectivity index (χ4n) is 14.6. The van der Waals surface area contributed by atoms with E-state index >= 15 is 0 Å². The van der Waals surface area contributed by atoms with Gasteiger partial charge in [-0.3, -0.25) is 4.57 Å². The first-order valence-corrected chi connectivity index (χ1v) is 36.1. The molecule has 10 aromatic rings. The van der Waals surface area contributed by atoms with Crippen molar-refractivity contribution >= 4 is 11.4 Å². The van der Waals surface area contributed by atoms with Crippen LogP contribution in [0.25, 0.3) is 50.5 Å². The van der Waals surface area contributed by atoms with Crippen LogP contribution in [-0.2, 0) is 12.8 Å². The van der Waals surface area contributed by atoms with E-state index in [9.17, 15) is 0 Å². The summed E-state index contributed by atoms with van der Waals surface area (Å²) in [5.41, 5.74) is 28.9. The standard InChI is InChI=1S/C90H102N6/c1-60(2)79-52-74(68-32-20-14-21-33-68)53-80(61(3)4)85(79)94-51-50-91-88(94)72-46-42-66(43-47-72)30-18-13-19-31-67-44-48-73(49-45-67)90-93-78(59-96(90)87-83(64(9)10)56-76(57-84(87)65(11)12)70-36-24-16-25-37-70)41-29-28-40-77-58-95(89(92-77)71-38-26-17-27-39-71)86-81(62(5)6)54-75(55-82(86)63(7)8)69-34-22-15-23-35-69/h14-17,20-27,32-39,42-65,89-90,92-93H,13,18-19,28-31,40-41H2,1-12H3. The van der Waals surface area contributed by atoms with Crippen LogP contribution in [0, 0.1) is 0 Å². The number of aryl methyl sites for hydroxylation is 2. The first-order chi connectivity index (χ1) is 46.6. The summed E-state index contributed by atoms with van der Waals surface area (Å²) in [5.74, 6) is 3.01. The summed E-state index contributed by atoms with van der Waals surface area (Å²) in [4.78, 5) is 10.1. The lowest BCUT2D eigenvalue weighted by Gasteiger charge is -2.33.